The van der Waals surface area contributed by atoms with Crippen molar-refractivity contribution >= 4 is 11.6 Å². The van der Waals surface area contributed by atoms with Gasteiger partial charge in [-0.05, 0) is 18.2 Å². The molecule has 1 N–H and O–H groups in total. The monoisotopic (exact) mass is 311 g/mol. The van der Waals surface area contributed by atoms with Gasteiger partial charge in [-0.1, -0.05) is 6.07 Å². The van der Waals surface area contributed by atoms with Crippen LogP contribution >= 0.6 is 0 Å². The van der Waals surface area contributed by atoms with Gasteiger partial charge < -0.3 is 5.32 Å². The van der Waals surface area contributed by atoms with Crippen molar-refractivity contribution in [3.05, 3.63) is 30.1 Å². The number of alkyl halides is 5. The minimum absolute atomic E-state index is 0.132. The molecule has 1 amide bonds. The van der Waals surface area contributed by atoms with Gasteiger partial charge in [0.25, 0.3) is 0 Å². The molecule has 1 aromatic carbocycles. The van der Waals surface area contributed by atoms with E-state index in [0.717, 1.165) is 12.1 Å². The van der Waals surface area contributed by atoms with Crippen molar-refractivity contribution in [1.29, 1.82) is 0 Å². The van der Waals surface area contributed by atoms with Gasteiger partial charge >= 0.3 is 0 Å². The molecule has 0 heterocycles. The highest BCUT2D eigenvalue weighted by molar-refractivity contribution is 5.93. The number of benzene rings is 1. The summed E-state index contributed by atoms with van der Waals surface area (Å²) in [6.07, 6.45) is -14.5. The summed E-state index contributed by atoms with van der Waals surface area (Å²) in [5, 5.41) is 1.95. The summed E-state index contributed by atoms with van der Waals surface area (Å²) < 4.78 is 79.5. The number of anilines is 1. The Balaban J connectivity index is 2.17. The highest BCUT2D eigenvalue weighted by Gasteiger charge is 2.56. The third-order valence-electron chi connectivity index (χ3n) is 3.30. The van der Waals surface area contributed by atoms with Crippen molar-refractivity contribution < 1.29 is 31.1 Å². The molecule has 1 fully saturated rings. The Labute approximate surface area is 116 Å². The molecule has 0 saturated heterocycles. The Kier molecular flexibility index (Phi) is 4.43. The topological polar surface area (TPSA) is 29.1 Å². The number of amides is 1. The molecule has 2 unspecified atom stereocenters. The second-order valence-electron chi connectivity index (χ2n) is 4.75. The number of halogens is 6. The SMILES string of the molecule is O=C(Nc1cccc(F)c1)C1[C@@H](F)[C@@H](F)C(F)[C@@H](F)[C@H]1F. The first-order valence-electron chi connectivity index (χ1n) is 6.09. The first-order chi connectivity index (χ1) is 9.82. The third-order valence-corrected chi connectivity index (χ3v) is 3.30. The molecule has 21 heavy (non-hydrogen) atoms. The fraction of sp³-hybridized carbons (Fsp3) is 0.462. The molecule has 0 aromatic heterocycles. The first-order valence-corrected chi connectivity index (χ1v) is 6.09. The number of rotatable bonds is 2. The molecule has 1 aromatic rings. The van der Waals surface area contributed by atoms with E-state index in [4.69, 9.17) is 0 Å². The Morgan fingerprint density at radius 2 is 1.43 bits per heavy atom. The minimum Gasteiger partial charge on any atom is -0.326 e. The minimum atomic E-state index is -2.96. The molecular weight excluding hydrogens is 300 g/mol. The fourth-order valence-electron chi connectivity index (χ4n) is 2.18. The summed E-state index contributed by atoms with van der Waals surface area (Å²) in [6.45, 7) is 0. The van der Waals surface area contributed by atoms with Gasteiger partial charge in [-0.15, -0.1) is 0 Å². The van der Waals surface area contributed by atoms with Crippen molar-refractivity contribution in [2.24, 2.45) is 5.92 Å². The summed E-state index contributed by atoms with van der Waals surface area (Å²) in [7, 11) is 0. The van der Waals surface area contributed by atoms with E-state index in [0.29, 0.717) is 0 Å². The van der Waals surface area contributed by atoms with Crippen molar-refractivity contribution in [1.82, 2.24) is 0 Å². The predicted octanol–water partition coefficient (Wildman–Crippen LogP) is 3.08. The van der Waals surface area contributed by atoms with Crippen LogP contribution in [0, 0.1) is 11.7 Å². The van der Waals surface area contributed by atoms with E-state index in [-0.39, 0.29) is 5.69 Å². The Morgan fingerprint density at radius 3 is 1.95 bits per heavy atom. The lowest BCUT2D eigenvalue weighted by atomic mass is 9.81. The molecule has 116 valence electrons. The highest BCUT2D eigenvalue weighted by atomic mass is 19.2. The van der Waals surface area contributed by atoms with Crippen molar-refractivity contribution in [2.45, 2.75) is 30.9 Å². The zero-order valence-electron chi connectivity index (χ0n) is 10.4. The normalized spacial score (nSPS) is 36.3. The Bertz CT molecular complexity index is 511. The summed E-state index contributed by atoms with van der Waals surface area (Å²) >= 11 is 0. The molecule has 1 saturated carbocycles. The molecule has 0 radical (unpaired) electrons. The van der Waals surface area contributed by atoms with Gasteiger partial charge in [0.1, 0.15) is 24.1 Å². The average Bonchev–Trinajstić information content (AvgIpc) is 2.43. The van der Waals surface area contributed by atoms with Gasteiger partial charge in [-0.25, -0.2) is 26.3 Å². The van der Waals surface area contributed by atoms with Gasteiger partial charge in [-0.2, -0.15) is 0 Å². The predicted molar refractivity (Wildman–Crippen MR) is 63.0 cm³/mol. The number of carbonyl (C=O) groups is 1. The molecular formula is C13H11F6NO. The Hall–Kier alpha value is -1.73. The lowest BCUT2D eigenvalue weighted by molar-refractivity contribution is -0.138. The van der Waals surface area contributed by atoms with Gasteiger partial charge in [-0.3, -0.25) is 4.79 Å². The zero-order valence-corrected chi connectivity index (χ0v) is 10.4. The zero-order chi connectivity index (χ0) is 15.7. The lowest BCUT2D eigenvalue weighted by Crippen LogP contribution is -2.56. The largest absolute Gasteiger partial charge is 0.326 e. The molecule has 6 atom stereocenters. The average molecular weight is 311 g/mol. The molecule has 0 aliphatic heterocycles. The van der Waals surface area contributed by atoms with Crippen LogP contribution in [0.1, 0.15) is 0 Å². The lowest BCUT2D eigenvalue weighted by Gasteiger charge is -2.35. The van der Waals surface area contributed by atoms with E-state index in [1.807, 2.05) is 5.32 Å². The van der Waals surface area contributed by atoms with E-state index >= 15 is 0 Å². The van der Waals surface area contributed by atoms with E-state index in [9.17, 15) is 31.1 Å². The molecule has 2 rings (SSSR count). The van der Waals surface area contributed by atoms with Crippen LogP contribution in [0.2, 0.25) is 0 Å². The van der Waals surface area contributed by atoms with Crippen LogP contribution in [-0.4, -0.2) is 36.8 Å². The summed E-state index contributed by atoms with van der Waals surface area (Å²) in [6, 6.07) is 4.37. The second kappa shape index (κ2) is 5.95. The first kappa shape index (κ1) is 15.7. The number of hydrogen-bond acceptors (Lipinski definition) is 1. The Morgan fingerprint density at radius 1 is 0.905 bits per heavy atom. The van der Waals surface area contributed by atoms with Gasteiger partial charge in [0, 0.05) is 5.69 Å². The van der Waals surface area contributed by atoms with Crippen molar-refractivity contribution in [2.75, 3.05) is 5.32 Å². The quantitative estimate of drug-likeness (QED) is 0.836. The highest BCUT2D eigenvalue weighted by Crippen LogP contribution is 2.36. The van der Waals surface area contributed by atoms with Crippen molar-refractivity contribution in [3.63, 3.8) is 0 Å². The van der Waals surface area contributed by atoms with Crippen LogP contribution in [0.25, 0.3) is 0 Å². The van der Waals surface area contributed by atoms with E-state index in [1.54, 1.807) is 0 Å². The van der Waals surface area contributed by atoms with Crippen LogP contribution in [0.3, 0.4) is 0 Å². The summed E-state index contributed by atoms with van der Waals surface area (Å²) in [5.74, 6) is -4.44. The fourth-order valence-corrected chi connectivity index (χ4v) is 2.18. The van der Waals surface area contributed by atoms with Crippen LogP contribution in [0.4, 0.5) is 32.0 Å². The van der Waals surface area contributed by atoms with E-state index < -0.39 is 48.5 Å². The number of hydrogen-bond donors (Lipinski definition) is 1. The molecule has 8 heteroatoms. The maximum Gasteiger partial charge on any atom is 0.233 e. The third kappa shape index (κ3) is 2.98. The van der Waals surface area contributed by atoms with Crippen LogP contribution in [0.15, 0.2) is 24.3 Å². The van der Waals surface area contributed by atoms with Crippen LogP contribution in [0.5, 0.6) is 0 Å². The van der Waals surface area contributed by atoms with Gasteiger partial charge in [0.2, 0.25) is 5.91 Å². The van der Waals surface area contributed by atoms with Crippen LogP contribution in [-0.2, 0) is 4.79 Å². The number of carbonyl (C=O) groups excluding carboxylic acids is 1. The second-order valence-corrected chi connectivity index (χ2v) is 4.75. The molecule has 0 bridgehead atoms. The molecule has 1 aliphatic carbocycles. The van der Waals surface area contributed by atoms with Gasteiger partial charge in [0.15, 0.2) is 18.5 Å². The maximum absolute atomic E-state index is 13.6. The van der Waals surface area contributed by atoms with Crippen LogP contribution < -0.4 is 5.32 Å². The maximum atomic E-state index is 13.6. The summed E-state index contributed by atoms with van der Waals surface area (Å²) in [5.41, 5.74) is -0.132. The van der Waals surface area contributed by atoms with E-state index in [1.165, 1.54) is 12.1 Å². The number of nitrogens with one attached hydrogen (secondary N) is 1. The molecule has 2 nitrogen and oxygen atoms in total. The van der Waals surface area contributed by atoms with Crippen molar-refractivity contribution in [3.8, 4) is 0 Å². The van der Waals surface area contributed by atoms with Gasteiger partial charge in [0.05, 0.1) is 0 Å². The smallest absolute Gasteiger partial charge is 0.233 e. The standard InChI is InChI=1S/C13H11F6NO/c14-5-2-1-3-6(4-5)20-13(21)7-8(15)10(17)12(19)11(18)9(7)16/h1-4,7-12H,(H,20,21)/t7?,8-,9+,10-,11+,12?. The molecule has 0 spiro atoms. The van der Waals surface area contributed by atoms with E-state index in [2.05, 4.69) is 0 Å². The summed E-state index contributed by atoms with van der Waals surface area (Å²) in [4.78, 5) is 11.7. The molecule has 1 aliphatic rings.